The lowest BCUT2D eigenvalue weighted by Crippen LogP contribution is -2.14. The normalized spacial score (nSPS) is 11.9. The Hall–Kier alpha value is -2.00. The van der Waals surface area contributed by atoms with Gasteiger partial charge >= 0.3 is 0 Å². The largest absolute Gasteiger partial charge is 0.496 e. The van der Waals surface area contributed by atoms with Crippen molar-refractivity contribution in [3.05, 3.63) is 59.7 Å². The topological polar surface area (TPSA) is 44.5 Å². The quantitative estimate of drug-likeness (QED) is 0.874. The Labute approximate surface area is 120 Å². The predicted molar refractivity (Wildman–Crippen MR) is 81.3 cm³/mol. The highest BCUT2D eigenvalue weighted by Crippen LogP contribution is 2.32. The SMILES string of the molecule is CCCOc1ccccc1C(N)c1ccccc1OC. The molecule has 2 aromatic carbocycles. The first-order chi connectivity index (χ1) is 9.77. The number of hydrogen-bond donors (Lipinski definition) is 1. The smallest absolute Gasteiger partial charge is 0.124 e. The Morgan fingerprint density at radius 2 is 1.50 bits per heavy atom. The van der Waals surface area contributed by atoms with Crippen LogP contribution >= 0.6 is 0 Å². The molecule has 0 fully saturated rings. The van der Waals surface area contributed by atoms with Crippen molar-refractivity contribution in [1.29, 1.82) is 0 Å². The van der Waals surface area contributed by atoms with Crippen LogP contribution in [0.3, 0.4) is 0 Å². The van der Waals surface area contributed by atoms with E-state index in [1.165, 1.54) is 0 Å². The molecule has 3 heteroatoms. The molecule has 0 aromatic heterocycles. The summed E-state index contributed by atoms with van der Waals surface area (Å²) in [6.07, 6.45) is 0.970. The second-order valence-electron chi connectivity index (χ2n) is 4.61. The van der Waals surface area contributed by atoms with Crippen molar-refractivity contribution in [3.63, 3.8) is 0 Å². The fourth-order valence-corrected chi connectivity index (χ4v) is 2.17. The zero-order valence-corrected chi connectivity index (χ0v) is 12.0. The summed E-state index contributed by atoms with van der Waals surface area (Å²) >= 11 is 0. The molecule has 3 nitrogen and oxygen atoms in total. The molecule has 0 bridgehead atoms. The van der Waals surface area contributed by atoms with Gasteiger partial charge in [-0.15, -0.1) is 0 Å². The van der Waals surface area contributed by atoms with Crippen LogP contribution in [0.5, 0.6) is 11.5 Å². The Morgan fingerprint density at radius 3 is 2.10 bits per heavy atom. The van der Waals surface area contributed by atoms with Crippen LogP contribution in [0.15, 0.2) is 48.5 Å². The lowest BCUT2D eigenvalue weighted by atomic mass is 9.98. The van der Waals surface area contributed by atoms with Crippen LogP contribution in [0.4, 0.5) is 0 Å². The van der Waals surface area contributed by atoms with Gasteiger partial charge < -0.3 is 15.2 Å². The molecule has 2 aromatic rings. The molecule has 0 aliphatic heterocycles. The Balaban J connectivity index is 2.35. The van der Waals surface area contributed by atoms with Crippen LogP contribution < -0.4 is 15.2 Å². The number of rotatable bonds is 6. The third-order valence-electron chi connectivity index (χ3n) is 3.19. The lowest BCUT2D eigenvalue weighted by Gasteiger charge is -2.19. The standard InChI is InChI=1S/C17H21NO2/c1-3-12-20-16-11-7-5-9-14(16)17(18)13-8-4-6-10-15(13)19-2/h4-11,17H,3,12,18H2,1-2H3. The average molecular weight is 271 g/mol. The van der Waals surface area contributed by atoms with Crippen LogP contribution in [-0.2, 0) is 0 Å². The van der Waals surface area contributed by atoms with E-state index in [-0.39, 0.29) is 6.04 Å². The van der Waals surface area contributed by atoms with Gasteiger partial charge in [0.05, 0.1) is 19.8 Å². The number of nitrogens with two attached hydrogens (primary N) is 1. The number of benzene rings is 2. The maximum absolute atomic E-state index is 6.41. The third-order valence-corrected chi connectivity index (χ3v) is 3.19. The zero-order valence-electron chi connectivity index (χ0n) is 12.0. The first kappa shape index (κ1) is 14.4. The first-order valence-electron chi connectivity index (χ1n) is 6.88. The summed E-state index contributed by atoms with van der Waals surface area (Å²) in [5.41, 5.74) is 8.34. The van der Waals surface area contributed by atoms with E-state index < -0.39 is 0 Å². The second kappa shape index (κ2) is 6.96. The van der Waals surface area contributed by atoms with Crippen molar-refractivity contribution >= 4 is 0 Å². The molecular weight excluding hydrogens is 250 g/mol. The van der Waals surface area contributed by atoms with E-state index in [4.69, 9.17) is 15.2 Å². The van der Waals surface area contributed by atoms with Gasteiger partial charge in [-0.25, -0.2) is 0 Å². The van der Waals surface area contributed by atoms with Crippen molar-refractivity contribution in [2.45, 2.75) is 19.4 Å². The summed E-state index contributed by atoms with van der Waals surface area (Å²) in [6.45, 7) is 2.78. The van der Waals surface area contributed by atoms with Gasteiger partial charge in [-0.05, 0) is 18.6 Å². The molecule has 1 atom stereocenters. The predicted octanol–water partition coefficient (Wildman–Crippen LogP) is 3.53. The van der Waals surface area contributed by atoms with Crippen molar-refractivity contribution in [2.24, 2.45) is 5.73 Å². The maximum Gasteiger partial charge on any atom is 0.124 e. The number of hydrogen-bond acceptors (Lipinski definition) is 3. The van der Waals surface area contributed by atoms with Crippen LogP contribution in [0.25, 0.3) is 0 Å². The molecule has 20 heavy (non-hydrogen) atoms. The van der Waals surface area contributed by atoms with Gasteiger partial charge in [0.15, 0.2) is 0 Å². The Morgan fingerprint density at radius 1 is 0.950 bits per heavy atom. The number of ether oxygens (including phenoxy) is 2. The third kappa shape index (κ3) is 3.11. The van der Waals surface area contributed by atoms with E-state index in [9.17, 15) is 0 Å². The Bertz CT molecular complexity index is 554. The van der Waals surface area contributed by atoms with Gasteiger partial charge in [0.1, 0.15) is 11.5 Å². The van der Waals surface area contributed by atoms with E-state index in [0.717, 1.165) is 29.0 Å². The molecule has 0 heterocycles. The van der Waals surface area contributed by atoms with Crippen molar-refractivity contribution in [2.75, 3.05) is 13.7 Å². The van der Waals surface area contributed by atoms with Crippen LogP contribution in [0, 0.1) is 0 Å². The zero-order chi connectivity index (χ0) is 14.4. The van der Waals surface area contributed by atoms with E-state index in [0.29, 0.717) is 6.61 Å². The minimum atomic E-state index is -0.265. The highest BCUT2D eigenvalue weighted by molar-refractivity contribution is 5.46. The van der Waals surface area contributed by atoms with Crippen molar-refractivity contribution in [1.82, 2.24) is 0 Å². The molecule has 1 unspecified atom stereocenters. The highest BCUT2D eigenvalue weighted by atomic mass is 16.5. The fourth-order valence-electron chi connectivity index (χ4n) is 2.17. The van der Waals surface area contributed by atoms with Gasteiger partial charge in [-0.3, -0.25) is 0 Å². The molecule has 0 saturated heterocycles. The van der Waals surface area contributed by atoms with Crippen LogP contribution in [0.1, 0.15) is 30.5 Å². The molecule has 2 N–H and O–H groups in total. The van der Waals surface area contributed by atoms with Crippen molar-refractivity contribution < 1.29 is 9.47 Å². The molecule has 2 rings (SSSR count). The van der Waals surface area contributed by atoms with Crippen LogP contribution in [-0.4, -0.2) is 13.7 Å². The highest BCUT2D eigenvalue weighted by Gasteiger charge is 2.17. The summed E-state index contributed by atoms with van der Waals surface area (Å²) in [7, 11) is 1.66. The lowest BCUT2D eigenvalue weighted by molar-refractivity contribution is 0.313. The number of methoxy groups -OCH3 is 1. The molecule has 0 saturated carbocycles. The van der Waals surface area contributed by atoms with Crippen LogP contribution in [0.2, 0.25) is 0 Å². The minimum absolute atomic E-state index is 0.265. The molecule has 106 valence electrons. The monoisotopic (exact) mass is 271 g/mol. The average Bonchev–Trinajstić information content (AvgIpc) is 2.52. The molecule has 0 radical (unpaired) electrons. The van der Waals surface area contributed by atoms with Crippen molar-refractivity contribution in [3.8, 4) is 11.5 Å². The van der Waals surface area contributed by atoms with Gasteiger partial charge in [-0.1, -0.05) is 43.3 Å². The van der Waals surface area contributed by atoms with E-state index in [1.807, 2.05) is 48.5 Å². The summed E-state index contributed by atoms with van der Waals surface area (Å²) in [4.78, 5) is 0. The molecule has 0 aliphatic carbocycles. The summed E-state index contributed by atoms with van der Waals surface area (Å²) in [6, 6.07) is 15.4. The minimum Gasteiger partial charge on any atom is -0.496 e. The molecule has 0 aliphatic rings. The van der Waals surface area contributed by atoms with E-state index >= 15 is 0 Å². The Kier molecular flexibility index (Phi) is 5.02. The molecule has 0 spiro atoms. The summed E-state index contributed by atoms with van der Waals surface area (Å²) < 4.78 is 11.2. The van der Waals surface area contributed by atoms with Gasteiger partial charge in [0.25, 0.3) is 0 Å². The summed E-state index contributed by atoms with van der Waals surface area (Å²) in [5.74, 6) is 1.64. The van der Waals surface area contributed by atoms with Gasteiger partial charge in [0, 0.05) is 11.1 Å². The first-order valence-corrected chi connectivity index (χ1v) is 6.88. The van der Waals surface area contributed by atoms with Gasteiger partial charge in [-0.2, -0.15) is 0 Å². The second-order valence-corrected chi connectivity index (χ2v) is 4.61. The number of para-hydroxylation sites is 2. The maximum atomic E-state index is 6.41. The van der Waals surface area contributed by atoms with E-state index in [1.54, 1.807) is 7.11 Å². The fraction of sp³-hybridized carbons (Fsp3) is 0.294. The van der Waals surface area contributed by atoms with Gasteiger partial charge in [0.2, 0.25) is 0 Å². The molecule has 0 amide bonds. The molecular formula is C17H21NO2. The summed E-state index contributed by atoms with van der Waals surface area (Å²) in [5, 5.41) is 0. The van der Waals surface area contributed by atoms with E-state index in [2.05, 4.69) is 6.92 Å².